The molecule has 23 heavy (non-hydrogen) atoms. The van der Waals surface area contributed by atoms with Crippen LogP contribution in [0.2, 0.25) is 0 Å². The molecule has 0 aliphatic rings. The number of nitrogens with zero attached hydrogens (tertiary/aromatic N) is 3. The van der Waals surface area contributed by atoms with Gasteiger partial charge in [0, 0.05) is 38.3 Å². The van der Waals surface area contributed by atoms with Crippen molar-refractivity contribution in [3.05, 3.63) is 45.7 Å². The van der Waals surface area contributed by atoms with E-state index < -0.39 is 0 Å². The van der Waals surface area contributed by atoms with Gasteiger partial charge in [0.25, 0.3) is 5.56 Å². The number of anilines is 1. The van der Waals surface area contributed by atoms with Crippen LogP contribution in [0.5, 0.6) is 0 Å². The summed E-state index contributed by atoms with van der Waals surface area (Å²) >= 11 is 0. The molecule has 2 aromatic rings. The van der Waals surface area contributed by atoms with Gasteiger partial charge < -0.3 is 10.6 Å². The van der Waals surface area contributed by atoms with Gasteiger partial charge in [0.1, 0.15) is 5.69 Å². The van der Waals surface area contributed by atoms with E-state index in [-0.39, 0.29) is 5.56 Å². The van der Waals surface area contributed by atoms with Gasteiger partial charge in [-0.05, 0) is 18.4 Å². The SMILES string of the molecule is Cc1c(-c2ccc(CN)cc2)nn(CC(C)C)c(=O)c1N(C)C. The molecule has 0 aliphatic heterocycles. The van der Waals surface area contributed by atoms with Gasteiger partial charge in [-0.3, -0.25) is 4.79 Å². The van der Waals surface area contributed by atoms with E-state index in [1.54, 1.807) is 4.68 Å². The molecule has 0 atom stereocenters. The van der Waals surface area contributed by atoms with Crippen molar-refractivity contribution in [2.45, 2.75) is 33.9 Å². The van der Waals surface area contributed by atoms with E-state index in [2.05, 4.69) is 18.9 Å². The molecule has 124 valence electrons. The number of nitrogens with two attached hydrogens (primary N) is 1. The number of hydrogen-bond acceptors (Lipinski definition) is 4. The first kappa shape index (κ1) is 17.2. The quantitative estimate of drug-likeness (QED) is 0.920. The Bertz CT molecular complexity index is 730. The molecule has 0 unspecified atom stereocenters. The van der Waals surface area contributed by atoms with Crippen LogP contribution in [0.3, 0.4) is 0 Å². The van der Waals surface area contributed by atoms with Crippen LogP contribution in [0.15, 0.2) is 29.1 Å². The fourth-order valence-corrected chi connectivity index (χ4v) is 2.71. The van der Waals surface area contributed by atoms with E-state index in [9.17, 15) is 4.79 Å². The summed E-state index contributed by atoms with van der Waals surface area (Å²) < 4.78 is 1.58. The fourth-order valence-electron chi connectivity index (χ4n) is 2.71. The molecule has 1 aromatic carbocycles. The largest absolute Gasteiger partial charge is 0.373 e. The molecule has 1 aromatic heterocycles. The summed E-state index contributed by atoms with van der Waals surface area (Å²) in [6.45, 7) is 7.24. The van der Waals surface area contributed by atoms with Gasteiger partial charge in [-0.25, -0.2) is 4.68 Å². The van der Waals surface area contributed by atoms with E-state index in [4.69, 9.17) is 5.73 Å². The third-order valence-corrected chi connectivity index (χ3v) is 3.82. The molecular formula is C18H26N4O. The molecule has 0 saturated heterocycles. The Labute approximate surface area is 137 Å². The summed E-state index contributed by atoms with van der Waals surface area (Å²) in [5, 5.41) is 4.63. The van der Waals surface area contributed by atoms with E-state index in [0.717, 1.165) is 22.4 Å². The smallest absolute Gasteiger partial charge is 0.290 e. The van der Waals surface area contributed by atoms with Crippen molar-refractivity contribution in [1.82, 2.24) is 9.78 Å². The van der Waals surface area contributed by atoms with E-state index in [1.807, 2.05) is 50.2 Å². The van der Waals surface area contributed by atoms with Crippen molar-refractivity contribution in [2.24, 2.45) is 11.7 Å². The zero-order chi connectivity index (χ0) is 17.1. The maximum Gasteiger partial charge on any atom is 0.290 e. The lowest BCUT2D eigenvalue weighted by Gasteiger charge is -2.20. The van der Waals surface area contributed by atoms with Crippen LogP contribution in [-0.4, -0.2) is 23.9 Å². The van der Waals surface area contributed by atoms with E-state index in [0.29, 0.717) is 24.7 Å². The van der Waals surface area contributed by atoms with Gasteiger partial charge in [-0.1, -0.05) is 38.1 Å². The number of benzene rings is 1. The first-order chi connectivity index (χ1) is 10.8. The van der Waals surface area contributed by atoms with Crippen molar-refractivity contribution < 1.29 is 0 Å². The Balaban J connectivity index is 2.66. The highest BCUT2D eigenvalue weighted by molar-refractivity contribution is 5.69. The number of rotatable bonds is 5. The van der Waals surface area contributed by atoms with Gasteiger partial charge in [0.2, 0.25) is 0 Å². The molecule has 0 bridgehead atoms. The summed E-state index contributed by atoms with van der Waals surface area (Å²) in [5.74, 6) is 0.352. The number of aromatic nitrogens is 2. The van der Waals surface area contributed by atoms with Crippen LogP contribution in [-0.2, 0) is 13.1 Å². The Hall–Kier alpha value is -2.14. The van der Waals surface area contributed by atoms with Gasteiger partial charge in [0.05, 0.1) is 5.69 Å². The lowest BCUT2D eigenvalue weighted by Crippen LogP contribution is -2.32. The van der Waals surface area contributed by atoms with Crippen molar-refractivity contribution >= 4 is 5.69 Å². The maximum absolute atomic E-state index is 12.7. The molecule has 0 fully saturated rings. The summed E-state index contributed by atoms with van der Waals surface area (Å²) in [6, 6.07) is 8.04. The van der Waals surface area contributed by atoms with Crippen molar-refractivity contribution in [3.63, 3.8) is 0 Å². The Morgan fingerprint density at radius 2 is 1.83 bits per heavy atom. The second-order valence-electron chi connectivity index (χ2n) is 6.50. The monoisotopic (exact) mass is 314 g/mol. The zero-order valence-corrected chi connectivity index (χ0v) is 14.6. The summed E-state index contributed by atoms with van der Waals surface area (Å²) in [6.07, 6.45) is 0. The average molecular weight is 314 g/mol. The van der Waals surface area contributed by atoms with Gasteiger partial charge >= 0.3 is 0 Å². The topological polar surface area (TPSA) is 64.1 Å². The normalized spacial score (nSPS) is 11.1. The van der Waals surface area contributed by atoms with Crippen LogP contribution in [0.4, 0.5) is 5.69 Å². The second kappa shape index (κ2) is 6.96. The Kier molecular flexibility index (Phi) is 5.21. The summed E-state index contributed by atoms with van der Waals surface area (Å²) in [4.78, 5) is 14.6. The number of hydrogen-bond donors (Lipinski definition) is 1. The van der Waals surface area contributed by atoms with Gasteiger partial charge in [-0.2, -0.15) is 5.10 Å². The zero-order valence-electron chi connectivity index (χ0n) is 14.6. The van der Waals surface area contributed by atoms with Crippen molar-refractivity contribution in [1.29, 1.82) is 0 Å². The Morgan fingerprint density at radius 3 is 2.30 bits per heavy atom. The highest BCUT2D eigenvalue weighted by Crippen LogP contribution is 2.25. The van der Waals surface area contributed by atoms with Crippen LogP contribution in [0.25, 0.3) is 11.3 Å². The van der Waals surface area contributed by atoms with Crippen LogP contribution in [0.1, 0.15) is 25.0 Å². The van der Waals surface area contributed by atoms with Gasteiger partial charge in [-0.15, -0.1) is 0 Å². The molecule has 0 aliphatic carbocycles. The molecular weight excluding hydrogens is 288 g/mol. The highest BCUT2D eigenvalue weighted by Gasteiger charge is 2.17. The molecule has 5 nitrogen and oxygen atoms in total. The maximum atomic E-state index is 12.7. The van der Waals surface area contributed by atoms with Gasteiger partial charge in [0.15, 0.2) is 0 Å². The minimum absolute atomic E-state index is 0.0384. The second-order valence-corrected chi connectivity index (χ2v) is 6.50. The Morgan fingerprint density at radius 1 is 1.22 bits per heavy atom. The summed E-state index contributed by atoms with van der Waals surface area (Å²) in [5.41, 5.74) is 10.1. The standard InChI is InChI=1S/C18H26N4O/c1-12(2)11-22-18(23)17(21(4)5)13(3)16(20-22)15-8-6-14(10-19)7-9-15/h6-9,12H,10-11,19H2,1-5H3. The van der Waals surface area contributed by atoms with E-state index in [1.165, 1.54) is 0 Å². The van der Waals surface area contributed by atoms with Crippen LogP contribution in [0, 0.1) is 12.8 Å². The third kappa shape index (κ3) is 3.62. The minimum Gasteiger partial charge on any atom is -0.373 e. The lowest BCUT2D eigenvalue weighted by atomic mass is 10.0. The molecule has 1 heterocycles. The predicted molar refractivity (Wildman–Crippen MR) is 95.7 cm³/mol. The first-order valence-electron chi connectivity index (χ1n) is 7.93. The predicted octanol–water partition coefficient (Wildman–Crippen LogP) is 2.40. The first-order valence-corrected chi connectivity index (χ1v) is 7.93. The van der Waals surface area contributed by atoms with Crippen molar-refractivity contribution in [2.75, 3.05) is 19.0 Å². The molecule has 5 heteroatoms. The molecule has 2 N–H and O–H groups in total. The summed E-state index contributed by atoms with van der Waals surface area (Å²) in [7, 11) is 3.79. The highest BCUT2D eigenvalue weighted by atomic mass is 16.1. The third-order valence-electron chi connectivity index (χ3n) is 3.82. The molecule has 2 rings (SSSR count). The molecule has 0 radical (unpaired) electrons. The molecule has 0 amide bonds. The lowest BCUT2D eigenvalue weighted by molar-refractivity contribution is 0.465. The average Bonchev–Trinajstić information content (AvgIpc) is 2.49. The molecule has 0 saturated carbocycles. The minimum atomic E-state index is -0.0384. The van der Waals surface area contributed by atoms with Crippen LogP contribution < -0.4 is 16.2 Å². The molecule has 0 spiro atoms. The van der Waals surface area contributed by atoms with Crippen LogP contribution >= 0.6 is 0 Å². The fraction of sp³-hybridized carbons (Fsp3) is 0.444. The van der Waals surface area contributed by atoms with Crippen molar-refractivity contribution in [3.8, 4) is 11.3 Å². The van der Waals surface area contributed by atoms with E-state index >= 15 is 0 Å².